The molecule has 1 N–H and O–H groups in total. The van der Waals surface area contributed by atoms with Gasteiger partial charge in [-0.05, 0) is 12.1 Å². The lowest BCUT2D eigenvalue weighted by Crippen LogP contribution is -2.17. The van der Waals surface area contributed by atoms with Gasteiger partial charge < -0.3 is 10.1 Å². The van der Waals surface area contributed by atoms with Gasteiger partial charge in [0.2, 0.25) is 5.91 Å². The molecule has 4 nitrogen and oxygen atoms in total. The number of amides is 1. The van der Waals surface area contributed by atoms with Crippen LogP contribution in [0, 0.1) is 11.6 Å². The zero-order valence-electron chi connectivity index (χ0n) is 8.42. The molecule has 0 aliphatic carbocycles. The van der Waals surface area contributed by atoms with Crippen LogP contribution >= 0.6 is 0 Å². The molecule has 1 aromatic rings. The first-order chi connectivity index (χ1) is 7.52. The molecule has 0 saturated carbocycles. The minimum Gasteiger partial charge on any atom is -0.469 e. The summed E-state index contributed by atoms with van der Waals surface area (Å²) in [4.78, 5) is 21.9. The van der Waals surface area contributed by atoms with Gasteiger partial charge >= 0.3 is 5.97 Å². The van der Waals surface area contributed by atoms with Crippen LogP contribution in [0.2, 0.25) is 0 Å². The van der Waals surface area contributed by atoms with Gasteiger partial charge in [-0.25, -0.2) is 8.78 Å². The van der Waals surface area contributed by atoms with Gasteiger partial charge in [0.15, 0.2) is 0 Å². The van der Waals surface area contributed by atoms with Crippen LogP contribution in [-0.2, 0) is 14.3 Å². The van der Waals surface area contributed by atoms with Crippen molar-refractivity contribution in [3.05, 3.63) is 29.8 Å². The maximum absolute atomic E-state index is 13.1. The molecule has 0 aliphatic rings. The number of anilines is 1. The summed E-state index contributed by atoms with van der Waals surface area (Å²) in [6.07, 6.45) is -0.521. The van der Waals surface area contributed by atoms with Gasteiger partial charge in [-0.3, -0.25) is 9.59 Å². The molecule has 1 aromatic carbocycles. The molecule has 86 valence electrons. The molecule has 6 heteroatoms. The predicted molar refractivity (Wildman–Crippen MR) is 51.6 cm³/mol. The third kappa shape index (κ3) is 3.30. The van der Waals surface area contributed by atoms with Crippen LogP contribution in [0.4, 0.5) is 14.5 Å². The SMILES string of the molecule is COC(=O)CC(=O)Nc1ccc(F)cc1F. The van der Waals surface area contributed by atoms with E-state index in [1.54, 1.807) is 0 Å². The van der Waals surface area contributed by atoms with Crippen LogP contribution in [-0.4, -0.2) is 19.0 Å². The van der Waals surface area contributed by atoms with Crippen molar-refractivity contribution in [3.63, 3.8) is 0 Å². The van der Waals surface area contributed by atoms with Gasteiger partial charge in [-0.2, -0.15) is 0 Å². The van der Waals surface area contributed by atoms with Crippen molar-refractivity contribution in [1.82, 2.24) is 0 Å². The zero-order valence-corrected chi connectivity index (χ0v) is 8.42. The maximum Gasteiger partial charge on any atom is 0.315 e. The summed E-state index contributed by atoms with van der Waals surface area (Å²) in [6.45, 7) is 0. The Hall–Kier alpha value is -1.98. The number of nitrogens with one attached hydrogen (secondary N) is 1. The van der Waals surface area contributed by atoms with E-state index in [1.807, 2.05) is 0 Å². The minimum atomic E-state index is -0.904. The van der Waals surface area contributed by atoms with E-state index in [2.05, 4.69) is 10.1 Å². The smallest absolute Gasteiger partial charge is 0.315 e. The van der Waals surface area contributed by atoms with Gasteiger partial charge in [0.05, 0.1) is 12.8 Å². The first-order valence-electron chi connectivity index (χ1n) is 4.34. The summed E-state index contributed by atoms with van der Waals surface area (Å²) in [5.41, 5.74) is -0.185. The Morgan fingerprint density at radius 1 is 1.38 bits per heavy atom. The van der Waals surface area contributed by atoms with Crippen LogP contribution in [0.3, 0.4) is 0 Å². The Balaban J connectivity index is 2.66. The lowest BCUT2D eigenvalue weighted by Gasteiger charge is -2.05. The minimum absolute atomic E-state index is 0.185. The normalized spacial score (nSPS) is 9.69. The predicted octanol–water partition coefficient (Wildman–Crippen LogP) is 1.47. The topological polar surface area (TPSA) is 55.4 Å². The number of ether oxygens (including phenoxy) is 1. The van der Waals surface area contributed by atoms with E-state index >= 15 is 0 Å². The molecule has 1 amide bonds. The number of halogens is 2. The lowest BCUT2D eigenvalue weighted by atomic mass is 10.3. The maximum atomic E-state index is 13.1. The van der Waals surface area contributed by atoms with Gasteiger partial charge in [0.1, 0.15) is 18.1 Å². The molecule has 0 aliphatic heterocycles. The number of benzene rings is 1. The Kier molecular flexibility index (Phi) is 3.93. The number of hydrogen-bond acceptors (Lipinski definition) is 3. The fourth-order valence-corrected chi connectivity index (χ4v) is 0.989. The highest BCUT2D eigenvalue weighted by Crippen LogP contribution is 2.14. The van der Waals surface area contributed by atoms with Crippen LogP contribution in [0.25, 0.3) is 0 Å². The average Bonchev–Trinajstić information content (AvgIpc) is 2.22. The Labute approximate surface area is 90.2 Å². The Morgan fingerprint density at radius 3 is 2.62 bits per heavy atom. The van der Waals surface area contributed by atoms with E-state index in [0.717, 1.165) is 19.2 Å². The molecule has 0 heterocycles. The van der Waals surface area contributed by atoms with E-state index in [9.17, 15) is 18.4 Å². The summed E-state index contributed by atoms with van der Waals surface area (Å²) < 4.78 is 29.8. The largest absolute Gasteiger partial charge is 0.469 e. The number of hydrogen-bond donors (Lipinski definition) is 1. The van der Waals surface area contributed by atoms with E-state index in [0.29, 0.717) is 6.07 Å². The molecule has 0 fully saturated rings. The highest BCUT2D eigenvalue weighted by atomic mass is 19.1. The highest BCUT2D eigenvalue weighted by Gasteiger charge is 2.12. The number of esters is 1. The highest BCUT2D eigenvalue weighted by molar-refractivity contribution is 6.01. The van der Waals surface area contributed by atoms with Crippen LogP contribution < -0.4 is 5.32 Å². The molecule has 0 atom stereocenters. The number of carbonyl (C=O) groups is 2. The summed E-state index contributed by atoms with van der Waals surface area (Å²) in [5.74, 6) is -3.11. The van der Waals surface area contributed by atoms with Crippen molar-refractivity contribution in [2.75, 3.05) is 12.4 Å². The molecule has 1 rings (SSSR count). The van der Waals surface area contributed by atoms with Gasteiger partial charge in [-0.15, -0.1) is 0 Å². The average molecular weight is 229 g/mol. The molecule has 0 unspecified atom stereocenters. The van der Waals surface area contributed by atoms with Crippen molar-refractivity contribution in [1.29, 1.82) is 0 Å². The van der Waals surface area contributed by atoms with Gasteiger partial charge in [0.25, 0.3) is 0 Å². The fraction of sp³-hybridized carbons (Fsp3) is 0.200. The van der Waals surface area contributed by atoms with Crippen molar-refractivity contribution in [3.8, 4) is 0 Å². The molecular weight excluding hydrogens is 220 g/mol. The molecular formula is C10H9F2NO3. The standard InChI is InChI=1S/C10H9F2NO3/c1-16-10(15)5-9(14)13-8-3-2-6(11)4-7(8)12/h2-4H,5H2,1H3,(H,13,14). The summed E-state index contributed by atoms with van der Waals surface area (Å²) in [7, 11) is 1.13. The van der Waals surface area contributed by atoms with E-state index < -0.39 is 29.9 Å². The van der Waals surface area contributed by atoms with Crippen molar-refractivity contribution < 1.29 is 23.1 Å². The quantitative estimate of drug-likeness (QED) is 0.630. The third-order valence-electron chi connectivity index (χ3n) is 1.74. The summed E-state index contributed by atoms with van der Waals surface area (Å²) >= 11 is 0. The lowest BCUT2D eigenvalue weighted by molar-refractivity contribution is -0.142. The molecule has 0 aromatic heterocycles. The first kappa shape index (κ1) is 12.1. The van der Waals surface area contributed by atoms with E-state index in [-0.39, 0.29) is 5.69 Å². The van der Waals surface area contributed by atoms with Crippen LogP contribution in [0.15, 0.2) is 18.2 Å². The third-order valence-corrected chi connectivity index (χ3v) is 1.74. The monoisotopic (exact) mass is 229 g/mol. The molecule has 0 radical (unpaired) electrons. The number of methoxy groups -OCH3 is 1. The second-order valence-electron chi connectivity index (χ2n) is 2.93. The number of carbonyl (C=O) groups excluding carboxylic acids is 2. The van der Waals surface area contributed by atoms with Gasteiger partial charge in [-0.1, -0.05) is 0 Å². The summed E-state index contributed by atoms with van der Waals surface area (Å²) in [5, 5.41) is 2.12. The van der Waals surface area contributed by atoms with E-state index in [1.165, 1.54) is 0 Å². The van der Waals surface area contributed by atoms with Crippen molar-refractivity contribution >= 4 is 17.6 Å². The Morgan fingerprint density at radius 2 is 2.06 bits per heavy atom. The molecule has 0 spiro atoms. The van der Waals surface area contributed by atoms with Crippen molar-refractivity contribution in [2.45, 2.75) is 6.42 Å². The van der Waals surface area contributed by atoms with Gasteiger partial charge in [0, 0.05) is 6.07 Å². The van der Waals surface area contributed by atoms with Crippen LogP contribution in [0.1, 0.15) is 6.42 Å². The van der Waals surface area contributed by atoms with Crippen LogP contribution in [0.5, 0.6) is 0 Å². The second-order valence-corrected chi connectivity index (χ2v) is 2.93. The molecule has 16 heavy (non-hydrogen) atoms. The molecule has 0 bridgehead atoms. The van der Waals surface area contributed by atoms with Crippen molar-refractivity contribution in [2.24, 2.45) is 0 Å². The zero-order chi connectivity index (χ0) is 12.1. The second kappa shape index (κ2) is 5.20. The summed E-state index contributed by atoms with van der Waals surface area (Å²) in [6, 6.07) is 2.70. The molecule has 0 saturated heterocycles. The van der Waals surface area contributed by atoms with E-state index in [4.69, 9.17) is 0 Å². The first-order valence-corrected chi connectivity index (χ1v) is 4.34. The Bertz CT molecular complexity index is 421. The number of rotatable bonds is 3. The fourth-order valence-electron chi connectivity index (χ4n) is 0.989.